The minimum Gasteiger partial charge on any atom is -0.481 e. The molecule has 2 aromatic heterocycles. The Morgan fingerprint density at radius 3 is 2.90 bits per heavy atom. The van der Waals surface area contributed by atoms with Gasteiger partial charge in [0.2, 0.25) is 11.8 Å². The van der Waals surface area contributed by atoms with Crippen molar-refractivity contribution in [3.8, 4) is 5.88 Å². The van der Waals surface area contributed by atoms with Gasteiger partial charge in [0.1, 0.15) is 0 Å². The normalized spacial score (nSPS) is 12.3. The molecule has 0 bridgehead atoms. The number of nitrogens with two attached hydrogens (primary N) is 1. The van der Waals surface area contributed by atoms with Crippen LogP contribution in [0, 0.1) is 0 Å². The quantitative estimate of drug-likeness (QED) is 0.834. The molecule has 6 nitrogen and oxygen atoms in total. The molecular weight excluding hydrogens is 256 g/mol. The lowest BCUT2D eigenvalue weighted by Gasteiger charge is -2.03. The fraction of sp³-hybridized carbons (Fsp3) is 0.500. The maximum absolute atomic E-state index is 6.00. The van der Waals surface area contributed by atoms with E-state index < -0.39 is 0 Å². The second-order valence-electron chi connectivity index (χ2n) is 4.68. The van der Waals surface area contributed by atoms with E-state index in [4.69, 9.17) is 15.0 Å². The van der Waals surface area contributed by atoms with E-state index in [1.165, 1.54) is 0 Å². The van der Waals surface area contributed by atoms with E-state index in [2.05, 4.69) is 22.0 Å². The summed E-state index contributed by atoms with van der Waals surface area (Å²) in [6, 6.07) is 3.56. The van der Waals surface area contributed by atoms with Crippen molar-refractivity contribution in [3.63, 3.8) is 0 Å². The second kappa shape index (κ2) is 7.00. The van der Waals surface area contributed by atoms with Crippen LogP contribution in [0.3, 0.4) is 0 Å². The van der Waals surface area contributed by atoms with Crippen molar-refractivity contribution >= 4 is 0 Å². The van der Waals surface area contributed by atoms with Crippen LogP contribution in [0.4, 0.5) is 0 Å². The van der Waals surface area contributed by atoms with Crippen LogP contribution in [0.25, 0.3) is 0 Å². The van der Waals surface area contributed by atoms with Crippen molar-refractivity contribution in [3.05, 3.63) is 35.6 Å². The Hall–Kier alpha value is -1.95. The molecular formula is C14H20N4O2. The predicted octanol–water partition coefficient (Wildman–Crippen LogP) is 2.25. The third kappa shape index (κ3) is 3.77. The van der Waals surface area contributed by atoms with Crippen LogP contribution in [0.1, 0.15) is 49.5 Å². The lowest BCUT2D eigenvalue weighted by molar-refractivity contribution is 0.343. The Balaban J connectivity index is 1.97. The van der Waals surface area contributed by atoms with E-state index in [1.807, 2.05) is 12.1 Å². The maximum Gasteiger partial charge on any atom is 0.243 e. The SMILES string of the molecule is CCCC[C@H](N)c1nc(Cc2ccc(OC)nc2)no1. The van der Waals surface area contributed by atoms with E-state index >= 15 is 0 Å². The number of pyridine rings is 1. The summed E-state index contributed by atoms with van der Waals surface area (Å²) < 4.78 is 10.2. The number of hydrogen-bond donors (Lipinski definition) is 1. The standard InChI is InChI=1S/C14H20N4O2/c1-3-4-5-11(15)14-17-12(18-20-14)8-10-6-7-13(19-2)16-9-10/h6-7,9,11H,3-5,8,15H2,1-2H3/t11-/m0/s1. The van der Waals surface area contributed by atoms with E-state index in [0.29, 0.717) is 24.0 Å². The van der Waals surface area contributed by atoms with Crippen LogP contribution in [-0.2, 0) is 6.42 Å². The zero-order valence-electron chi connectivity index (χ0n) is 11.9. The molecule has 0 unspecified atom stereocenters. The Labute approximate surface area is 118 Å². The molecule has 0 saturated heterocycles. The molecule has 2 aromatic rings. The van der Waals surface area contributed by atoms with Crippen molar-refractivity contribution in [2.24, 2.45) is 5.73 Å². The van der Waals surface area contributed by atoms with Gasteiger partial charge >= 0.3 is 0 Å². The second-order valence-corrected chi connectivity index (χ2v) is 4.68. The van der Waals surface area contributed by atoms with Crippen LogP contribution in [0.5, 0.6) is 5.88 Å². The first-order valence-electron chi connectivity index (χ1n) is 6.80. The molecule has 0 aliphatic heterocycles. The third-order valence-corrected chi connectivity index (χ3v) is 3.04. The van der Waals surface area contributed by atoms with Gasteiger partial charge in [0.15, 0.2) is 5.82 Å². The average Bonchev–Trinajstić information content (AvgIpc) is 2.94. The average molecular weight is 276 g/mol. The van der Waals surface area contributed by atoms with Gasteiger partial charge in [-0.15, -0.1) is 0 Å². The highest BCUT2D eigenvalue weighted by Gasteiger charge is 2.14. The molecule has 108 valence electrons. The highest BCUT2D eigenvalue weighted by Crippen LogP contribution is 2.16. The van der Waals surface area contributed by atoms with Gasteiger partial charge in [-0.05, 0) is 12.0 Å². The van der Waals surface area contributed by atoms with Crippen LogP contribution < -0.4 is 10.5 Å². The number of ether oxygens (including phenoxy) is 1. The first-order chi connectivity index (χ1) is 9.72. The third-order valence-electron chi connectivity index (χ3n) is 3.04. The summed E-state index contributed by atoms with van der Waals surface area (Å²) >= 11 is 0. The Bertz CT molecular complexity index is 524. The molecule has 0 amide bonds. The number of hydrogen-bond acceptors (Lipinski definition) is 6. The summed E-state index contributed by atoms with van der Waals surface area (Å²) in [7, 11) is 1.59. The van der Waals surface area contributed by atoms with Crippen molar-refractivity contribution in [1.29, 1.82) is 0 Å². The molecule has 1 atom stereocenters. The van der Waals surface area contributed by atoms with Crippen LogP contribution in [0.15, 0.2) is 22.9 Å². The zero-order valence-corrected chi connectivity index (χ0v) is 11.9. The van der Waals surface area contributed by atoms with Crippen molar-refractivity contribution < 1.29 is 9.26 Å². The first kappa shape index (κ1) is 14.5. The fourth-order valence-electron chi connectivity index (χ4n) is 1.86. The summed E-state index contributed by atoms with van der Waals surface area (Å²) in [5, 5.41) is 3.96. The topological polar surface area (TPSA) is 87.1 Å². The van der Waals surface area contributed by atoms with Crippen molar-refractivity contribution in [1.82, 2.24) is 15.1 Å². The summed E-state index contributed by atoms with van der Waals surface area (Å²) in [6.07, 6.45) is 5.34. The van der Waals surface area contributed by atoms with E-state index in [0.717, 1.165) is 24.8 Å². The zero-order chi connectivity index (χ0) is 14.4. The van der Waals surface area contributed by atoms with Gasteiger partial charge in [-0.3, -0.25) is 0 Å². The van der Waals surface area contributed by atoms with Gasteiger partial charge < -0.3 is 15.0 Å². The largest absolute Gasteiger partial charge is 0.481 e. The van der Waals surface area contributed by atoms with Crippen LogP contribution in [0.2, 0.25) is 0 Å². The molecule has 0 radical (unpaired) electrons. The number of methoxy groups -OCH3 is 1. The highest BCUT2D eigenvalue weighted by molar-refractivity contribution is 5.20. The number of unbranched alkanes of at least 4 members (excludes halogenated alkanes) is 1. The molecule has 20 heavy (non-hydrogen) atoms. The van der Waals surface area contributed by atoms with Gasteiger partial charge in [-0.25, -0.2) is 4.98 Å². The van der Waals surface area contributed by atoms with E-state index in [1.54, 1.807) is 13.3 Å². The molecule has 0 aromatic carbocycles. The lowest BCUT2D eigenvalue weighted by Crippen LogP contribution is -2.10. The monoisotopic (exact) mass is 276 g/mol. The minimum absolute atomic E-state index is 0.176. The first-order valence-corrected chi connectivity index (χ1v) is 6.80. The number of nitrogens with zero attached hydrogens (tertiary/aromatic N) is 3. The van der Waals surface area contributed by atoms with Crippen LogP contribution in [-0.4, -0.2) is 22.2 Å². The molecule has 0 saturated carbocycles. The van der Waals surface area contributed by atoms with E-state index in [9.17, 15) is 0 Å². The van der Waals surface area contributed by atoms with Crippen LogP contribution >= 0.6 is 0 Å². The molecule has 0 aliphatic rings. The van der Waals surface area contributed by atoms with Crippen molar-refractivity contribution in [2.45, 2.75) is 38.6 Å². The summed E-state index contributed by atoms with van der Waals surface area (Å²) in [5.41, 5.74) is 7.00. The molecule has 2 heterocycles. The van der Waals surface area contributed by atoms with E-state index in [-0.39, 0.29) is 6.04 Å². The molecule has 0 spiro atoms. The number of rotatable bonds is 7. The Morgan fingerprint density at radius 2 is 2.25 bits per heavy atom. The summed E-state index contributed by atoms with van der Waals surface area (Å²) in [6.45, 7) is 2.13. The highest BCUT2D eigenvalue weighted by atomic mass is 16.5. The molecule has 2 rings (SSSR count). The Kier molecular flexibility index (Phi) is 5.06. The van der Waals surface area contributed by atoms with Gasteiger partial charge in [-0.1, -0.05) is 31.0 Å². The van der Waals surface area contributed by atoms with Gasteiger partial charge in [-0.2, -0.15) is 4.98 Å². The molecule has 2 N–H and O–H groups in total. The molecule has 0 fully saturated rings. The number of aromatic nitrogens is 3. The summed E-state index contributed by atoms with van der Waals surface area (Å²) in [4.78, 5) is 8.48. The summed E-state index contributed by atoms with van der Waals surface area (Å²) in [5.74, 6) is 1.72. The molecule has 6 heteroatoms. The fourth-order valence-corrected chi connectivity index (χ4v) is 1.86. The maximum atomic E-state index is 6.00. The predicted molar refractivity (Wildman–Crippen MR) is 74.3 cm³/mol. The minimum atomic E-state index is -0.176. The van der Waals surface area contributed by atoms with Gasteiger partial charge in [0.25, 0.3) is 0 Å². The molecule has 0 aliphatic carbocycles. The van der Waals surface area contributed by atoms with Gasteiger partial charge in [0, 0.05) is 18.7 Å². The van der Waals surface area contributed by atoms with Crippen molar-refractivity contribution in [2.75, 3.05) is 7.11 Å². The van der Waals surface area contributed by atoms with Gasteiger partial charge in [0.05, 0.1) is 13.2 Å². The lowest BCUT2D eigenvalue weighted by atomic mass is 10.1. The Morgan fingerprint density at radius 1 is 1.40 bits per heavy atom. The smallest absolute Gasteiger partial charge is 0.243 e.